The Morgan fingerprint density at radius 1 is 1.23 bits per heavy atom. The third-order valence-electron chi connectivity index (χ3n) is 3.72. The van der Waals surface area contributed by atoms with Gasteiger partial charge in [0, 0.05) is 49.4 Å². The minimum atomic E-state index is -0.174. The molecule has 3 aromatic rings. The van der Waals surface area contributed by atoms with E-state index in [1.165, 1.54) is 6.08 Å². The Morgan fingerprint density at radius 3 is 2.81 bits per heavy atom. The molecule has 3 rings (SSSR count). The molecule has 0 atom stereocenters. The van der Waals surface area contributed by atoms with E-state index in [4.69, 9.17) is 4.74 Å². The highest BCUT2D eigenvalue weighted by Crippen LogP contribution is 2.24. The summed E-state index contributed by atoms with van der Waals surface area (Å²) >= 11 is 0. The highest BCUT2D eigenvalue weighted by atomic mass is 16.5. The molecule has 0 aliphatic carbocycles. The molecule has 0 unspecified atom stereocenters. The van der Waals surface area contributed by atoms with Crippen LogP contribution < -0.4 is 5.32 Å². The van der Waals surface area contributed by atoms with Gasteiger partial charge in [-0.05, 0) is 30.3 Å². The Hall–Kier alpha value is -3.25. The number of benzene rings is 1. The van der Waals surface area contributed by atoms with Crippen molar-refractivity contribution in [1.82, 2.24) is 20.1 Å². The van der Waals surface area contributed by atoms with E-state index in [-0.39, 0.29) is 5.91 Å². The predicted molar refractivity (Wildman–Crippen MR) is 101 cm³/mol. The van der Waals surface area contributed by atoms with Gasteiger partial charge in [0.1, 0.15) is 5.69 Å². The van der Waals surface area contributed by atoms with E-state index in [9.17, 15) is 4.79 Å². The molecule has 0 saturated heterocycles. The lowest BCUT2D eigenvalue weighted by Gasteiger charge is -2.00. The molecule has 1 aromatic carbocycles. The zero-order chi connectivity index (χ0) is 18.2. The molecule has 2 aromatic heterocycles. The molecule has 0 spiro atoms. The number of ether oxygens (including phenoxy) is 1. The van der Waals surface area contributed by atoms with E-state index < -0.39 is 0 Å². The van der Waals surface area contributed by atoms with Crippen LogP contribution >= 0.6 is 0 Å². The van der Waals surface area contributed by atoms with Gasteiger partial charge in [-0.3, -0.25) is 9.78 Å². The first kappa shape index (κ1) is 17.6. The van der Waals surface area contributed by atoms with Crippen LogP contribution in [0.4, 0.5) is 0 Å². The number of rotatable bonds is 7. The van der Waals surface area contributed by atoms with Crippen LogP contribution in [0.25, 0.3) is 23.0 Å². The zero-order valence-corrected chi connectivity index (χ0v) is 14.5. The van der Waals surface area contributed by atoms with Crippen molar-refractivity contribution in [3.05, 3.63) is 72.7 Å². The van der Waals surface area contributed by atoms with Gasteiger partial charge in [-0.25, -0.2) is 4.68 Å². The molecule has 1 N–H and O–H groups in total. The fraction of sp³-hybridized carbons (Fsp3) is 0.150. The van der Waals surface area contributed by atoms with Crippen molar-refractivity contribution in [2.75, 3.05) is 20.3 Å². The van der Waals surface area contributed by atoms with Gasteiger partial charge in [0.05, 0.1) is 12.3 Å². The molecule has 0 saturated carbocycles. The number of nitrogens with zero attached hydrogens (tertiary/aromatic N) is 3. The van der Waals surface area contributed by atoms with E-state index in [1.807, 2.05) is 48.7 Å². The highest BCUT2D eigenvalue weighted by Gasteiger charge is 2.11. The van der Waals surface area contributed by atoms with Crippen molar-refractivity contribution >= 4 is 12.0 Å². The van der Waals surface area contributed by atoms with Crippen LogP contribution in [0.1, 0.15) is 5.56 Å². The molecular weight excluding hydrogens is 328 g/mol. The van der Waals surface area contributed by atoms with Gasteiger partial charge >= 0.3 is 0 Å². The summed E-state index contributed by atoms with van der Waals surface area (Å²) in [5.41, 5.74) is 3.44. The number of hydrogen-bond acceptors (Lipinski definition) is 4. The summed E-state index contributed by atoms with van der Waals surface area (Å²) in [5, 5.41) is 7.44. The van der Waals surface area contributed by atoms with E-state index in [1.54, 1.807) is 30.3 Å². The van der Waals surface area contributed by atoms with Crippen LogP contribution in [0, 0.1) is 0 Å². The summed E-state index contributed by atoms with van der Waals surface area (Å²) in [6, 6.07) is 13.6. The first-order valence-corrected chi connectivity index (χ1v) is 8.28. The van der Waals surface area contributed by atoms with Gasteiger partial charge < -0.3 is 10.1 Å². The fourth-order valence-electron chi connectivity index (χ4n) is 2.45. The average molecular weight is 348 g/mol. The largest absolute Gasteiger partial charge is 0.383 e. The van der Waals surface area contributed by atoms with Gasteiger partial charge in [0.15, 0.2) is 0 Å². The number of carbonyl (C=O) groups is 1. The number of nitrogens with one attached hydrogen (secondary N) is 1. The fourth-order valence-corrected chi connectivity index (χ4v) is 2.45. The van der Waals surface area contributed by atoms with Crippen molar-refractivity contribution in [3.63, 3.8) is 0 Å². The van der Waals surface area contributed by atoms with E-state index in [2.05, 4.69) is 15.4 Å². The third kappa shape index (κ3) is 4.43. The Morgan fingerprint density at radius 2 is 2.08 bits per heavy atom. The maximum Gasteiger partial charge on any atom is 0.244 e. The number of pyridine rings is 1. The Kier molecular flexibility index (Phi) is 5.90. The second-order valence-electron chi connectivity index (χ2n) is 5.57. The lowest BCUT2D eigenvalue weighted by molar-refractivity contribution is -0.116. The molecule has 0 aliphatic rings. The summed E-state index contributed by atoms with van der Waals surface area (Å²) in [6.45, 7) is 0.949. The second kappa shape index (κ2) is 8.73. The number of para-hydroxylation sites is 1. The van der Waals surface area contributed by atoms with Crippen molar-refractivity contribution in [2.24, 2.45) is 0 Å². The third-order valence-corrected chi connectivity index (χ3v) is 3.72. The van der Waals surface area contributed by atoms with Gasteiger partial charge in [0.25, 0.3) is 0 Å². The van der Waals surface area contributed by atoms with Crippen LogP contribution in [0.5, 0.6) is 0 Å². The first-order chi connectivity index (χ1) is 12.8. The molecule has 0 radical (unpaired) electrons. The van der Waals surface area contributed by atoms with Gasteiger partial charge in [-0.1, -0.05) is 18.2 Å². The number of amides is 1. The molecule has 6 heteroatoms. The maximum atomic E-state index is 11.9. The van der Waals surface area contributed by atoms with Crippen LogP contribution in [0.2, 0.25) is 0 Å². The normalized spacial score (nSPS) is 11.0. The SMILES string of the molecule is COCCNC(=O)C=Cc1cn(-c2ccccc2)nc1-c1cccnc1. The van der Waals surface area contributed by atoms with Crippen molar-refractivity contribution in [3.8, 4) is 16.9 Å². The second-order valence-corrected chi connectivity index (χ2v) is 5.57. The van der Waals surface area contributed by atoms with Crippen molar-refractivity contribution in [2.45, 2.75) is 0 Å². The van der Waals surface area contributed by atoms with E-state index in [0.29, 0.717) is 13.2 Å². The first-order valence-electron chi connectivity index (χ1n) is 8.28. The monoisotopic (exact) mass is 348 g/mol. The van der Waals surface area contributed by atoms with Crippen molar-refractivity contribution < 1.29 is 9.53 Å². The average Bonchev–Trinajstić information content (AvgIpc) is 3.12. The number of hydrogen-bond donors (Lipinski definition) is 1. The molecule has 0 aliphatic heterocycles. The molecule has 0 bridgehead atoms. The summed E-state index contributed by atoms with van der Waals surface area (Å²) in [7, 11) is 1.60. The van der Waals surface area contributed by atoms with Crippen LogP contribution in [-0.4, -0.2) is 40.9 Å². The van der Waals surface area contributed by atoms with Crippen LogP contribution in [0.3, 0.4) is 0 Å². The molecular formula is C20H20N4O2. The Labute approximate surface area is 152 Å². The molecule has 26 heavy (non-hydrogen) atoms. The van der Waals surface area contributed by atoms with Crippen molar-refractivity contribution in [1.29, 1.82) is 0 Å². The van der Waals surface area contributed by atoms with Crippen LogP contribution in [-0.2, 0) is 9.53 Å². The molecule has 132 valence electrons. The van der Waals surface area contributed by atoms with E-state index >= 15 is 0 Å². The number of carbonyl (C=O) groups excluding carboxylic acids is 1. The topological polar surface area (TPSA) is 69.0 Å². The lowest BCUT2D eigenvalue weighted by atomic mass is 10.1. The number of methoxy groups -OCH3 is 1. The summed E-state index contributed by atoms with van der Waals surface area (Å²) in [6.07, 6.45) is 8.64. The zero-order valence-electron chi connectivity index (χ0n) is 14.5. The quantitative estimate of drug-likeness (QED) is 0.526. The van der Waals surface area contributed by atoms with Gasteiger partial charge in [0.2, 0.25) is 5.91 Å². The number of aromatic nitrogens is 3. The standard InChI is InChI=1S/C20H20N4O2/c1-26-13-12-22-19(25)10-9-17-15-24(18-7-3-2-4-8-18)23-20(17)16-6-5-11-21-14-16/h2-11,14-15H,12-13H2,1H3,(H,22,25). The summed E-state index contributed by atoms with van der Waals surface area (Å²) in [4.78, 5) is 16.1. The summed E-state index contributed by atoms with van der Waals surface area (Å²) in [5.74, 6) is -0.174. The molecule has 0 fully saturated rings. The predicted octanol–water partition coefficient (Wildman–Crippen LogP) is 2.71. The van der Waals surface area contributed by atoms with Crippen LogP contribution in [0.15, 0.2) is 67.1 Å². The van der Waals surface area contributed by atoms with E-state index in [0.717, 1.165) is 22.5 Å². The Bertz CT molecular complexity index is 873. The Balaban J connectivity index is 1.90. The molecule has 2 heterocycles. The van der Waals surface area contributed by atoms with Gasteiger partial charge in [-0.15, -0.1) is 0 Å². The molecule has 1 amide bonds. The maximum absolute atomic E-state index is 11.9. The lowest BCUT2D eigenvalue weighted by Crippen LogP contribution is -2.24. The smallest absolute Gasteiger partial charge is 0.244 e. The van der Waals surface area contributed by atoms with Gasteiger partial charge in [-0.2, -0.15) is 5.10 Å². The minimum absolute atomic E-state index is 0.174. The minimum Gasteiger partial charge on any atom is -0.383 e. The molecule has 6 nitrogen and oxygen atoms in total. The highest BCUT2D eigenvalue weighted by molar-refractivity contribution is 5.92. The summed E-state index contributed by atoms with van der Waals surface area (Å²) < 4.78 is 6.72.